The van der Waals surface area contributed by atoms with Crippen molar-refractivity contribution >= 4 is 23.2 Å². The Hall–Kier alpha value is -4.45. The number of ether oxygens (including phenoxy) is 1. The molecule has 0 aliphatic rings. The van der Waals surface area contributed by atoms with E-state index in [4.69, 9.17) is 4.74 Å². The first-order valence-electron chi connectivity index (χ1n) is 10.5. The Morgan fingerprint density at radius 2 is 1.42 bits per heavy atom. The highest BCUT2D eigenvalue weighted by Gasteiger charge is 2.14. The third kappa shape index (κ3) is 5.62. The van der Waals surface area contributed by atoms with Crippen molar-refractivity contribution in [2.24, 2.45) is 0 Å². The number of carbonyl (C=O) groups excluding carboxylic acids is 2. The number of aromatic nitrogens is 1. The molecule has 4 rings (SSSR count). The molecule has 0 saturated carbocycles. The van der Waals surface area contributed by atoms with E-state index in [1.807, 2.05) is 36.4 Å². The Balaban J connectivity index is 1.43. The van der Waals surface area contributed by atoms with Crippen molar-refractivity contribution in [1.82, 2.24) is 4.98 Å². The van der Waals surface area contributed by atoms with E-state index in [0.717, 1.165) is 12.0 Å². The lowest BCUT2D eigenvalue weighted by Gasteiger charge is -2.12. The van der Waals surface area contributed by atoms with Gasteiger partial charge in [-0.1, -0.05) is 24.3 Å². The van der Waals surface area contributed by atoms with Crippen LogP contribution in [0.2, 0.25) is 0 Å². The summed E-state index contributed by atoms with van der Waals surface area (Å²) in [4.78, 5) is 29.6. The molecule has 2 amide bonds. The summed E-state index contributed by atoms with van der Waals surface area (Å²) in [6.07, 6.45) is 4.33. The molecule has 164 valence electrons. The molecule has 0 aliphatic heterocycles. The number of nitrogens with zero attached hydrogens (tertiary/aromatic N) is 1. The van der Waals surface area contributed by atoms with Gasteiger partial charge in [0.15, 0.2) is 0 Å². The fourth-order valence-corrected chi connectivity index (χ4v) is 3.37. The smallest absolute Gasteiger partial charge is 0.257 e. The lowest BCUT2D eigenvalue weighted by atomic mass is 10.1. The third-order valence-electron chi connectivity index (χ3n) is 5.14. The van der Waals surface area contributed by atoms with Crippen LogP contribution in [0.25, 0.3) is 0 Å². The molecule has 1 aromatic heterocycles. The maximum absolute atomic E-state index is 12.9. The molecule has 33 heavy (non-hydrogen) atoms. The number of hydrogen-bond donors (Lipinski definition) is 2. The molecule has 4 aromatic rings. The highest BCUT2D eigenvalue weighted by Crippen LogP contribution is 2.20. The largest absolute Gasteiger partial charge is 0.497 e. The minimum Gasteiger partial charge on any atom is -0.497 e. The van der Waals surface area contributed by atoms with Crippen molar-refractivity contribution in [2.75, 3.05) is 17.7 Å². The lowest BCUT2D eigenvalue weighted by Crippen LogP contribution is -2.18. The van der Waals surface area contributed by atoms with Crippen LogP contribution in [-0.4, -0.2) is 23.9 Å². The predicted molar refractivity (Wildman–Crippen MR) is 129 cm³/mol. The van der Waals surface area contributed by atoms with Crippen LogP contribution in [0.3, 0.4) is 0 Å². The van der Waals surface area contributed by atoms with Crippen LogP contribution >= 0.6 is 0 Å². The van der Waals surface area contributed by atoms with Gasteiger partial charge in [0.25, 0.3) is 11.8 Å². The van der Waals surface area contributed by atoms with Crippen molar-refractivity contribution in [3.8, 4) is 5.75 Å². The van der Waals surface area contributed by atoms with Crippen molar-refractivity contribution in [2.45, 2.75) is 6.42 Å². The number of benzene rings is 3. The molecule has 0 fully saturated rings. The molecule has 1 heterocycles. The topological polar surface area (TPSA) is 80.3 Å². The maximum Gasteiger partial charge on any atom is 0.257 e. The van der Waals surface area contributed by atoms with E-state index in [1.165, 1.54) is 5.56 Å². The normalized spacial score (nSPS) is 10.3. The van der Waals surface area contributed by atoms with Gasteiger partial charge in [-0.25, -0.2) is 0 Å². The summed E-state index contributed by atoms with van der Waals surface area (Å²) in [5.74, 6) is 0.0546. The monoisotopic (exact) mass is 437 g/mol. The summed E-state index contributed by atoms with van der Waals surface area (Å²) in [6, 6.07) is 25.3. The van der Waals surface area contributed by atoms with Gasteiger partial charge < -0.3 is 15.4 Å². The molecular weight excluding hydrogens is 414 g/mol. The average molecular weight is 437 g/mol. The fraction of sp³-hybridized carbons (Fsp3) is 0.0741. The van der Waals surface area contributed by atoms with Gasteiger partial charge in [0.1, 0.15) is 5.75 Å². The third-order valence-corrected chi connectivity index (χ3v) is 5.14. The van der Waals surface area contributed by atoms with Crippen molar-refractivity contribution in [3.05, 3.63) is 120 Å². The standard InChI is InChI=1S/C27H23N3O3/c1-33-23-12-8-21(9-13-23)26(31)30-25-5-3-2-4-24(25)27(32)29-22-10-6-19(7-11-22)18-20-14-16-28-17-15-20/h2-17H,18H2,1H3,(H,29,32)(H,30,31). The van der Waals surface area contributed by atoms with Crippen LogP contribution in [0.15, 0.2) is 97.3 Å². The van der Waals surface area contributed by atoms with E-state index in [1.54, 1.807) is 68.0 Å². The molecule has 3 aromatic carbocycles. The second-order valence-electron chi connectivity index (χ2n) is 7.41. The zero-order valence-corrected chi connectivity index (χ0v) is 18.1. The second kappa shape index (κ2) is 10.2. The molecular formula is C27H23N3O3. The lowest BCUT2D eigenvalue weighted by molar-refractivity contribution is 0.102. The molecule has 6 nitrogen and oxygen atoms in total. The van der Waals surface area contributed by atoms with E-state index in [0.29, 0.717) is 28.3 Å². The Labute approximate surface area is 192 Å². The molecule has 0 spiro atoms. The molecule has 2 N–H and O–H groups in total. The molecule has 0 saturated heterocycles. The van der Waals surface area contributed by atoms with Gasteiger partial charge in [-0.05, 0) is 78.2 Å². The quantitative estimate of drug-likeness (QED) is 0.417. The van der Waals surface area contributed by atoms with Crippen molar-refractivity contribution < 1.29 is 14.3 Å². The number of anilines is 2. The molecule has 0 aliphatic carbocycles. The predicted octanol–water partition coefficient (Wildman–Crippen LogP) is 5.19. The minimum atomic E-state index is -0.307. The zero-order valence-electron chi connectivity index (χ0n) is 18.1. The van der Waals surface area contributed by atoms with Gasteiger partial charge in [0.05, 0.1) is 18.4 Å². The van der Waals surface area contributed by atoms with E-state index in [2.05, 4.69) is 15.6 Å². The number of para-hydroxylation sites is 1. The number of pyridine rings is 1. The number of carbonyl (C=O) groups is 2. The van der Waals surface area contributed by atoms with Crippen molar-refractivity contribution in [3.63, 3.8) is 0 Å². The summed E-state index contributed by atoms with van der Waals surface area (Å²) < 4.78 is 5.12. The van der Waals surface area contributed by atoms with Gasteiger partial charge in [-0.15, -0.1) is 0 Å². The fourth-order valence-electron chi connectivity index (χ4n) is 3.37. The first-order valence-corrected chi connectivity index (χ1v) is 10.5. The van der Waals surface area contributed by atoms with Gasteiger partial charge >= 0.3 is 0 Å². The molecule has 0 radical (unpaired) electrons. The summed E-state index contributed by atoms with van der Waals surface area (Å²) in [6.45, 7) is 0. The van der Waals surface area contributed by atoms with E-state index < -0.39 is 0 Å². The highest BCUT2D eigenvalue weighted by atomic mass is 16.5. The number of methoxy groups -OCH3 is 1. The SMILES string of the molecule is COc1ccc(C(=O)Nc2ccccc2C(=O)Nc2ccc(Cc3ccncc3)cc2)cc1. The summed E-state index contributed by atoms with van der Waals surface area (Å²) in [5, 5.41) is 5.72. The number of amides is 2. The Kier molecular flexibility index (Phi) is 6.75. The summed E-state index contributed by atoms with van der Waals surface area (Å²) in [7, 11) is 1.57. The second-order valence-corrected chi connectivity index (χ2v) is 7.41. The zero-order chi connectivity index (χ0) is 23.0. The number of hydrogen-bond acceptors (Lipinski definition) is 4. The number of nitrogens with one attached hydrogen (secondary N) is 2. The number of rotatable bonds is 7. The Bertz CT molecular complexity index is 1240. The van der Waals surface area contributed by atoms with Crippen LogP contribution in [0, 0.1) is 0 Å². The van der Waals surface area contributed by atoms with Crippen LogP contribution in [0.4, 0.5) is 11.4 Å². The Morgan fingerprint density at radius 3 is 2.12 bits per heavy atom. The molecule has 0 bridgehead atoms. The van der Waals surface area contributed by atoms with E-state index >= 15 is 0 Å². The summed E-state index contributed by atoms with van der Waals surface area (Å²) >= 11 is 0. The van der Waals surface area contributed by atoms with Crippen LogP contribution in [0.1, 0.15) is 31.8 Å². The average Bonchev–Trinajstić information content (AvgIpc) is 2.86. The minimum absolute atomic E-state index is 0.303. The van der Waals surface area contributed by atoms with Gasteiger partial charge in [0.2, 0.25) is 0 Å². The van der Waals surface area contributed by atoms with E-state index in [-0.39, 0.29) is 11.8 Å². The molecule has 0 unspecified atom stereocenters. The summed E-state index contributed by atoms with van der Waals surface area (Å²) in [5.41, 5.74) is 4.26. The first-order chi connectivity index (χ1) is 16.1. The van der Waals surface area contributed by atoms with Crippen LogP contribution in [-0.2, 0) is 6.42 Å². The highest BCUT2D eigenvalue weighted by molar-refractivity contribution is 6.12. The maximum atomic E-state index is 12.9. The molecule has 6 heteroatoms. The first kappa shape index (κ1) is 21.8. The van der Waals surface area contributed by atoms with Gasteiger partial charge in [0, 0.05) is 23.6 Å². The molecule has 0 atom stereocenters. The van der Waals surface area contributed by atoms with E-state index in [9.17, 15) is 9.59 Å². The van der Waals surface area contributed by atoms with Crippen molar-refractivity contribution in [1.29, 1.82) is 0 Å². The van der Waals surface area contributed by atoms with Crippen LogP contribution < -0.4 is 15.4 Å². The van der Waals surface area contributed by atoms with Gasteiger partial charge in [-0.2, -0.15) is 0 Å². The van der Waals surface area contributed by atoms with Crippen LogP contribution in [0.5, 0.6) is 5.75 Å². The Morgan fingerprint density at radius 1 is 0.758 bits per heavy atom. The van der Waals surface area contributed by atoms with Gasteiger partial charge in [-0.3, -0.25) is 14.6 Å².